The van der Waals surface area contributed by atoms with E-state index in [1.165, 1.54) is 12.1 Å². The zero-order valence-electron chi connectivity index (χ0n) is 17.5. The van der Waals surface area contributed by atoms with Gasteiger partial charge in [0.05, 0.1) is 18.5 Å². The smallest absolute Gasteiger partial charge is 0.416 e. The number of halogens is 4. The molecule has 8 nitrogen and oxygen atoms in total. The summed E-state index contributed by atoms with van der Waals surface area (Å²) in [4.78, 5) is 24.5. The fourth-order valence-corrected chi connectivity index (χ4v) is 4.22. The third kappa shape index (κ3) is 5.47. The summed E-state index contributed by atoms with van der Waals surface area (Å²) in [7, 11) is 0. The van der Waals surface area contributed by atoms with Crippen molar-refractivity contribution in [1.29, 1.82) is 0 Å². The Balaban J connectivity index is 1.24. The van der Waals surface area contributed by atoms with E-state index in [2.05, 4.69) is 20.3 Å². The first-order valence-electron chi connectivity index (χ1n) is 10.4. The number of nitrogens with one attached hydrogen (secondary N) is 1. The van der Waals surface area contributed by atoms with Crippen LogP contribution in [-0.4, -0.2) is 32.2 Å². The molecule has 0 spiro atoms. The summed E-state index contributed by atoms with van der Waals surface area (Å²) in [6.07, 6.45) is -0.0467. The number of carbonyl (C=O) groups excluding carboxylic acids is 1. The van der Waals surface area contributed by atoms with E-state index in [9.17, 15) is 18.0 Å². The Morgan fingerprint density at radius 2 is 2.00 bits per heavy atom. The third-order valence-electron chi connectivity index (χ3n) is 5.77. The highest BCUT2D eigenvalue weighted by atomic mass is 35.5. The SMILES string of the molecule is Nc1nc(Cl)nc2c1ncn2C1CCC(COC(=O)NCc2cccc(C(F)(F)F)c2)CC1. The Morgan fingerprint density at radius 3 is 2.73 bits per heavy atom. The number of nitrogens with zero attached hydrogens (tertiary/aromatic N) is 4. The first-order valence-corrected chi connectivity index (χ1v) is 10.8. The normalized spacial score (nSPS) is 18.9. The van der Waals surface area contributed by atoms with Crippen molar-refractivity contribution in [3.63, 3.8) is 0 Å². The minimum Gasteiger partial charge on any atom is -0.449 e. The van der Waals surface area contributed by atoms with E-state index >= 15 is 0 Å². The highest BCUT2D eigenvalue weighted by Crippen LogP contribution is 2.34. The minimum atomic E-state index is -4.43. The molecule has 1 aliphatic carbocycles. The number of imidazole rings is 1. The number of nitrogens with two attached hydrogens (primary N) is 1. The van der Waals surface area contributed by atoms with Crippen molar-refractivity contribution in [1.82, 2.24) is 24.8 Å². The van der Waals surface area contributed by atoms with Gasteiger partial charge in [-0.1, -0.05) is 12.1 Å². The van der Waals surface area contributed by atoms with Gasteiger partial charge < -0.3 is 20.4 Å². The molecule has 0 bridgehead atoms. The molecule has 1 fully saturated rings. The molecule has 1 amide bonds. The standard InChI is InChI=1S/C21H22ClF3N6O2/c22-19-29-17(26)16-18(30-19)31(11-28-16)15-6-4-12(5-7-15)10-33-20(32)27-9-13-2-1-3-14(8-13)21(23,24)25/h1-3,8,11-12,15H,4-7,9-10H2,(H,27,32)(H2,26,29,30). The van der Waals surface area contributed by atoms with Gasteiger partial charge >= 0.3 is 12.3 Å². The Morgan fingerprint density at radius 1 is 1.24 bits per heavy atom. The number of fused-ring (bicyclic) bond motifs is 1. The van der Waals surface area contributed by atoms with E-state index in [4.69, 9.17) is 22.1 Å². The fraction of sp³-hybridized carbons (Fsp3) is 0.429. The van der Waals surface area contributed by atoms with E-state index in [0.29, 0.717) is 16.7 Å². The van der Waals surface area contributed by atoms with Crippen LogP contribution in [0.5, 0.6) is 0 Å². The number of amides is 1. The molecule has 1 saturated carbocycles. The molecule has 0 radical (unpaired) electrons. The number of anilines is 1. The van der Waals surface area contributed by atoms with Crippen molar-refractivity contribution in [3.05, 3.63) is 47.0 Å². The van der Waals surface area contributed by atoms with Crippen LogP contribution >= 0.6 is 11.6 Å². The monoisotopic (exact) mass is 482 g/mol. The van der Waals surface area contributed by atoms with E-state index < -0.39 is 17.8 Å². The van der Waals surface area contributed by atoms with Crippen LogP contribution in [-0.2, 0) is 17.5 Å². The highest BCUT2D eigenvalue weighted by molar-refractivity contribution is 6.28. The second-order valence-electron chi connectivity index (χ2n) is 8.03. The Kier molecular flexibility index (Phi) is 6.59. The quantitative estimate of drug-likeness (QED) is 0.508. The molecular formula is C21H22ClF3N6O2. The molecule has 3 aromatic rings. The number of nitrogen functional groups attached to an aromatic ring is 1. The first kappa shape index (κ1) is 23.1. The van der Waals surface area contributed by atoms with E-state index in [1.807, 2.05) is 4.57 Å². The summed E-state index contributed by atoms with van der Waals surface area (Å²) in [5, 5.41) is 2.57. The van der Waals surface area contributed by atoms with Gasteiger partial charge in [-0.15, -0.1) is 0 Å². The van der Waals surface area contributed by atoms with Crippen LogP contribution in [0.1, 0.15) is 42.9 Å². The van der Waals surface area contributed by atoms with Crippen LogP contribution in [0.2, 0.25) is 5.28 Å². The first-order chi connectivity index (χ1) is 15.7. The Bertz CT molecular complexity index is 1140. The number of benzene rings is 1. The van der Waals surface area contributed by atoms with E-state index in [0.717, 1.165) is 37.8 Å². The van der Waals surface area contributed by atoms with Crippen LogP contribution in [0.3, 0.4) is 0 Å². The van der Waals surface area contributed by atoms with Gasteiger partial charge in [0.25, 0.3) is 0 Å². The lowest BCUT2D eigenvalue weighted by atomic mass is 9.86. The molecule has 4 rings (SSSR count). The van der Waals surface area contributed by atoms with Gasteiger partial charge in [-0.3, -0.25) is 0 Å². The molecule has 0 atom stereocenters. The summed E-state index contributed by atoms with van der Waals surface area (Å²) in [6, 6.07) is 4.99. The number of hydrogen-bond donors (Lipinski definition) is 2. The minimum absolute atomic E-state index is 0.0449. The molecule has 12 heteroatoms. The predicted molar refractivity (Wildman–Crippen MR) is 115 cm³/mol. The maximum absolute atomic E-state index is 12.8. The summed E-state index contributed by atoms with van der Waals surface area (Å²) < 4.78 is 45.6. The van der Waals surface area contributed by atoms with Crippen LogP contribution in [0, 0.1) is 5.92 Å². The zero-order valence-corrected chi connectivity index (χ0v) is 18.2. The van der Waals surface area contributed by atoms with Crippen molar-refractivity contribution in [2.75, 3.05) is 12.3 Å². The topological polar surface area (TPSA) is 108 Å². The van der Waals surface area contributed by atoms with Crippen molar-refractivity contribution in [2.45, 2.75) is 44.4 Å². The van der Waals surface area contributed by atoms with Gasteiger partial charge in [-0.05, 0) is 60.9 Å². The number of alkyl halides is 3. The Labute approximate surface area is 192 Å². The number of alkyl carbamates (subject to hydrolysis) is 1. The summed E-state index contributed by atoms with van der Waals surface area (Å²) in [5.74, 6) is 0.431. The zero-order chi connectivity index (χ0) is 23.6. The average Bonchev–Trinajstić information content (AvgIpc) is 3.20. The second-order valence-corrected chi connectivity index (χ2v) is 8.36. The van der Waals surface area contributed by atoms with Crippen molar-refractivity contribution < 1.29 is 22.7 Å². The maximum atomic E-state index is 12.8. The predicted octanol–water partition coefficient (Wildman–Crippen LogP) is 4.74. The highest BCUT2D eigenvalue weighted by Gasteiger charge is 2.30. The van der Waals surface area contributed by atoms with Gasteiger partial charge in [-0.2, -0.15) is 23.1 Å². The van der Waals surface area contributed by atoms with Crippen molar-refractivity contribution in [3.8, 4) is 0 Å². The molecule has 1 aromatic carbocycles. The average molecular weight is 483 g/mol. The number of aromatic nitrogens is 4. The second kappa shape index (κ2) is 9.42. The van der Waals surface area contributed by atoms with Crippen LogP contribution in [0.15, 0.2) is 30.6 Å². The molecule has 1 aliphatic rings. The lowest BCUT2D eigenvalue weighted by Crippen LogP contribution is -2.28. The van der Waals surface area contributed by atoms with Crippen LogP contribution in [0.4, 0.5) is 23.8 Å². The maximum Gasteiger partial charge on any atom is 0.416 e. The largest absolute Gasteiger partial charge is 0.449 e. The Hall–Kier alpha value is -3.08. The molecule has 0 aliphatic heterocycles. The van der Waals surface area contributed by atoms with Crippen LogP contribution < -0.4 is 11.1 Å². The van der Waals surface area contributed by atoms with Gasteiger partial charge in [-0.25, -0.2) is 9.78 Å². The lowest BCUT2D eigenvalue weighted by molar-refractivity contribution is -0.137. The number of carbonyl (C=O) groups is 1. The molecule has 176 valence electrons. The van der Waals surface area contributed by atoms with Crippen molar-refractivity contribution >= 4 is 34.7 Å². The molecule has 0 saturated heterocycles. The molecule has 2 heterocycles. The molecule has 0 unspecified atom stereocenters. The summed E-state index contributed by atoms with van der Waals surface area (Å²) in [5.41, 5.74) is 6.57. The van der Waals surface area contributed by atoms with Crippen LogP contribution in [0.25, 0.3) is 11.2 Å². The summed E-state index contributed by atoms with van der Waals surface area (Å²) in [6.45, 7) is 0.198. The molecular weight excluding hydrogens is 461 g/mol. The van der Waals surface area contributed by atoms with Gasteiger partial charge in [0.2, 0.25) is 5.28 Å². The van der Waals surface area contributed by atoms with Gasteiger partial charge in [0, 0.05) is 12.6 Å². The third-order valence-corrected chi connectivity index (χ3v) is 5.94. The summed E-state index contributed by atoms with van der Waals surface area (Å²) >= 11 is 5.93. The lowest BCUT2D eigenvalue weighted by Gasteiger charge is -2.29. The number of rotatable bonds is 5. The molecule has 33 heavy (non-hydrogen) atoms. The molecule has 3 N–H and O–H groups in total. The number of ether oxygens (including phenoxy) is 1. The van der Waals surface area contributed by atoms with Gasteiger partial charge in [0.1, 0.15) is 5.52 Å². The number of hydrogen-bond acceptors (Lipinski definition) is 6. The molecule has 2 aromatic heterocycles. The fourth-order valence-electron chi connectivity index (χ4n) is 4.04. The van der Waals surface area contributed by atoms with E-state index in [-0.39, 0.29) is 36.2 Å². The van der Waals surface area contributed by atoms with E-state index in [1.54, 1.807) is 6.33 Å². The van der Waals surface area contributed by atoms with Crippen molar-refractivity contribution in [2.24, 2.45) is 5.92 Å². The van der Waals surface area contributed by atoms with Gasteiger partial charge in [0.15, 0.2) is 11.5 Å².